The van der Waals surface area contributed by atoms with Crippen LogP contribution in [-0.4, -0.2) is 50.2 Å². The SMILES string of the molecule is CC(C)N1C(=O)c2ccc(C(=O)NCC3=CCNCC3)cc2S1(=O)=O. The van der Waals surface area contributed by atoms with Crippen LogP contribution in [0.15, 0.2) is 34.7 Å². The van der Waals surface area contributed by atoms with Crippen LogP contribution >= 0.6 is 0 Å². The third-order valence-corrected chi connectivity index (χ3v) is 6.31. The number of amides is 2. The molecule has 0 aliphatic carbocycles. The van der Waals surface area contributed by atoms with Gasteiger partial charge in [0.05, 0.1) is 5.56 Å². The van der Waals surface area contributed by atoms with Crippen LogP contribution in [0.5, 0.6) is 0 Å². The van der Waals surface area contributed by atoms with E-state index in [9.17, 15) is 18.0 Å². The first-order chi connectivity index (χ1) is 11.8. The number of hydrogen-bond donors (Lipinski definition) is 2. The van der Waals surface area contributed by atoms with Crippen LogP contribution in [0.1, 0.15) is 41.0 Å². The monoisotopic (exact) mass is 363 g/mol. The minimum atomic E-state index is -3.90. The molecule has 2 aliphatic heterocycles. The number of sulfonamides is 1. The number of hydrogen-bond acceptors (Lipinski definition) is 5. The highest BCUT2D eigenvalue weighted by atomic mass is 32.2. The second-order valence-corrected chi connectivity index (χ2v) is 8.19. The lowest BCUT2D eigenvalue weighted by Crippen LogP contribution is -2.36. The van der Waals surface area contributed by atoms with Crippen LogP contribution in [0.3, 0.4) is 0 Å². The first-order valence-corrected chi connectivity index (χ1v) is 9.66. The number of carbonyl (C=O) groups excluding carboxylic acids is 2. The lowest BCUT2D eigenvalue weighted by Gasteiger charge is -2.18. The topological polar surface area (TPSA) is 95.6 Å². The van der Waals surface area contributed by atoms with Gasteiger partial charge in [-0.05, 0) is 45.0 Å². The maximum atomic E-state index is 12.6. The minimum Gasteiger partial charge on any atom is -0.348 e. The van der Waals surface area contributed by atoms with Gasteiger partial charge in [-0.3, -0.25) is 9.59 Å². The van der Waals surface area contributed by atoms with Crippen molar-refractivity contribution in [3.05, 3.63) is 41.0 Å². The average Bonchev–Trinajstić information content (AvgIpc) is 2.79. The molecule has 7 nitrogen and oxygen atoms in total. The Kier molecular flexibility index (Phi) is 4.66. The Morgan fingerprint density at radius 2 is 2.12 bits per heavy atom. The molecule has 25 heavy (non-hydrogen) atoms. The first kappa shape index (κ1) is 17.6. The maximum Gasteiger partial charge on any atom is 0.269 e. The van der Waals surface area contributed by atoms with Gasteiger partial charge in [-0.1, -0.05) is 11.6 Å². The van der Waals surface area contributed by atoms with Gasteiger partial charge in [0.1, 0.15) is 4.90 Å². The van der Waals surface area contributed by atoms with E-state index in [2.05, 4.69) is 10.6 Å². The van der Waals surface area contributed by atoms with E-state index in [1.807, 2.05) is 6.08 Å². The number of benzene rings is 1. The summed E-state index contributed by atoms with van der Waals surface area (Å²) in [4.78, 5) is 24.6. The Morgan fingerprint density at radius 3 is 2.76 bits per heavy atom. The molecule has 0 saturated carbocycles. The summed E-state index contributed by atoms with van der Waals surface area (Å²) in [6, 6.07) is 3.71. The van der Waals surface area contributed by atoms with E-state index in [1.54, 1.807) is 13.8 Å². The van der Waals surface area contributed by atoms with Crippen molar-refractivity contribution >= 4 is 21.8 Å². The lowest BCUT2D eigenvalue weighted by atomic mass is 10.1. The molecule has 0 atom stereocenters. The van der Waals surface area contributed by atoms with Crippen molar-refractivity contribution in [1.29, 1.82) is 0 Å². The standard InChI is InChI=1S/C17H21N3O4S/c1-11(2)20-17(22)14-4-3-13(9-15(14)25(20,23)24)16(21)19-10-12-5-7-18-8-6-12/h3-5,9,11,18H,6-8,10H2,1-2H3,(H,19,21). The summed E-state index contributed by atoms with van der Waals surface area (Å²) in [6.45, 7) is 5.38. The summed E-state index contributed by atoms with van der Waals surface area (Å²) in [5.41, 5.74) is 1.49. The molecule has 2 aliphatic rings. The average molecular weight is 363 g/mol. The van der Waals surface area contributed by atoms with Gasteiger partial charge in [-0.15, -0.1) is 0 Å². The Hall–Kier alpha value is -2.19. The number of fused-ring (bicyclic) bond motifs is 1. The summed E-state index contributed by atoms with van der Waals surface area (Å²) < 4.78 is 26.0. The largest absolute Gasteiger partial charge is 0.348 e. The van der Waals surface area contributed by atoms with Crippen molar-refractivity contribution in [3.8, 4) is 0 Å². The van der Waals surface area contributed by atoms with Crippen molar-refractivity contribution in [2.75, 3.05) is 19.6 Å². The Bertz CT molecular complexity index is 859. The van der Waals surface area contributed by atoms with Gasteiger partial charge in [0.2, 0.25) is 0 Å². The van der Waals surface area contributed by atoms with E-state index in [0.717, 1.165) is 29.4 Å². The van der Waals surface area contributed by atoms with Crippen molar-refractivity contribution in [1.82, 2.24) is 14.9 Å². The Balaban J connectivity index is 1.82. The van der Waals surface area contributed by atoms with E-state index in [-0.39, 0.29) is 21.9 Å². The molecule has 0 radical (unpaired) electrons. The predicted molar refractivity (Wildman–Crippen MR) is 92.8 cm³/mol. The van der Waals surface area contributed by atoms with E-state index in [0.29, 0.717) is 6.54 Å². The smallest absolute Gasteiger partial charge is 0.269 e. The van der Waals surface area contributed by atoms with E-state index in [4.69, 9.17) is 0 Å². The highest BCUT2D eigenvalue weighted by Gasteiger charge is 2.42. The van der Waals surface area contributed by atoms with Crippen molar-refractivity contribution < 1.29 is 18.0 Å². The zero-order valence-electron chi connectivity index (χ0n) is 14.2. The summed E-state index contributed by atoms with van der Waals surface area (Å²) in [5, 5.41) is 6.00. The van der Waals surface area contributed by atoms with E-state index >= 15 is 0 Å². The van der Waals surface area contributed by atoms with Crippen LogP contribution in [0, 0.1) is 0 Å². The summed E-state index contributed by atoms with van der Waals surface area (Å²) >= 11 is 0. The van der Waals surface area contributed by atoms with E-state index < -0.39 is 22.0 Å². The molecule has 0 bridgehead atoms. The van der Waals surface area contributed by atoms with E-state index in [1.165, 1.54) is 18.2 Å². The van der Waals surface area contributed by atoms with Crippen molar-refractivity contribution in [3.63, 3.8) is 0 Å². The van der Waals surface area contributed by atoms with Gasteiger partial charge in [0, 0.05) is 24.7 Å². The van der Waals surface area contributed by atoms with Crippen LogP contribution in [0.4, 0.5) is 0 Å². The fraction of sp³-hybridized carbons (Fsp3) is 0.412. The fourth-order valence-corrected chi connectivity index (χ4v) is 4.82. The molecule has 0 saturated heterocycles. The Labute approximate surface area is 147 Å². The molecule has 8 heteroatoms. The molecule has 1 aromatic rings. The first-order valence-electron chi connectivity index (χ1n) is 8.22. The molecule has 0 unspecified atom stereocenters. The van der Waals surface area contributed by atoms with Crippen LogP contribution in [0.25, 0.3) is 0 Å². The minimum absolute atomic E-state index is 0.0973. The molecular weight excluding hydrogens is 342 g/mol. The quantitative estimate of drug-likeness (QED) is 0.775. The second kappa shape index (κ2) is 6.61. The Morgan fingerprint density at radius 1 is 1.36 bits per heavy atom. The van der Waals surface area contributed by atoms with Gasteiger partial charge in [0.15, 0.2) is 0 Å². The third kappa shape index (κ3) is 3.19. The van der Waals surface area contributed by atoms with Crippen LogP contribution < -0.4 is 10.6 Å². The fourth-order valence-electron chi connectivity index (χ4n) is 3.03. The normalized spacial score (nSPS) is 18.9. The number of nitrogens with one attached hydrogen (secondary N) is 2. The molecule has 0 aromatic heterocycles. The van der Waals surface area contributed by atoms with Gasteiger partial charge >= 0.3 is 0 Å². The van der Waals surface area contributed by atoms with Crippen molar-refractivity contribution in [2.24, 2.45) is 0 Å². The van der Waals surface area contributed by atoms with Crippen LogP contribution in [0.2, 0.25) is 0 Å². The number of nitrogens with zero attached hydrogens (tertiary/aromatic N) is 1. The van der Waals surface area contributed by atoms with Crippen molar-refractivity contribution in [2.45, 2.75) is 31.2 Å². The third-order valence-electron chi connectivity index (χ3n) is 4.31. The van der Waals surface area contributed by atoms with Crippen LogP contribution in [-0.2, 0) is 10.0 Å². The number of carbonyl (C=O) groups is 2. The zero-order valence-corrected chi connectivity index (χ0v) is 15.0. The molecule has 0 spiro atoms. The molecule has 2 heterocycles. The molecule has 0 fully saturated rings. The molecule has 2 amide bonds. The molecule has 1 aromatic carbocycles. The summed E-state index contributed by atoms with van der Waals surface area (Å²) in [6.07, 6.45) is 2.91. The van der Waals surface area contributed by atoms with Gasteiger partial charge < -0.3 is 10.6 Å². The van der Waals surface area contributed by atoms with Gasteiger partial charge in [-0.25, -0.2) is 12.7 Å². The predicted octanol–water partition coefficient (Wildman–Crippen LogP) is 0.889. The highest BCUT2D eigenvalue weighted by molar-refractivity contribution is 7.90. The highest BCUT2D eigenvalue weighted by Crippen LogP contribution is 2.32. The zero-order chi connectivity index (χ0) is 18.2. The van der Waals surface area contributed by atoms with Gasteiger partial charge in [-0.2, -0.15) is 0 Å². The molecule has 134 valence electrons. The second-order valence-electron chi connectivity index (χ2n) is 6.41. The summed E-state index contributed by atoms with van der Waals surface area (Å²) in [5.74, 6) is -0.898. The maximum absolute atomic E-state index is 12.6. The lowest BCUT2D eigenvalue weighted by molar-refractivity contribution is 0.0845. The molecule has 2 N–H and O–H groups in total. The van der Waals surface area contributed by atoms with Gasteiger partial charge in [0.25, 0.3) is 21.8 Å². The molecular formula is C17H21N3O4S. The summed E-state index contributed by atoms with van der Waals surface area (Å²) in [7, 11) is -3.90. The molecule has 3 rings (SSSR count). The number of rotatable bonds is 4.